The fourth-order valence-corrected chi connectivity index (χ4v) is 2.58. The number of guanidine groups is 1. The van der Waals surface area contributed by atoms with Crippen molar-refractivity contribution >= 4 is 35.6 Å². The van der Waals surface area contributed by atoms with Crippen LogP contribution in [0.2, 0.25) is 0 Å². The number of aliphatic imine (C=N–C) groups is 1. The summed E-state index contributed by atoms with van der Waals surface area (Å²) in [7, 11) is 0. The summed E-state index contributed by atoms with van der Waals surface area (Å²) in [5, 5.41) is 3.13. The number of halogens is 1. The number of nitrogens with two attached hydrogens (primary N) is 1. The lowest BCUT2D eigenvalue weighted by atomic mass is 10.1. The molecular formula is C20H24IN5. The molecule has 1 aromatic heterocycles. The van der Waals surface area contributed by atoms with Crippen molar-refractivity contribution in [2.75, 3.05) is 5.32 Å². The molecule has 3 N–H and O–H groups in total. The maximum absolute atomic E-state index is 6.01. The maximum atomic E-state index is 6.01. The molecule has 0 saturated carbocycles. The highest BCUT2D eigenvalue weighted by Gasteiger charge is 2.04. The second-order valence-electron chi connectivity index (χ2n) is 6.08. The molecule has 1 heterocycles. The summed E-state index contributed by atoms with van der Waals surface area (Å²) < 4.78 is 2.09. The molecule has 0 fully saturated rings. The van der Waals surface area contributed by atoms with E-state index in [0.29, 0.717) is 12.5 Å². The van der Waals surface area contributed by atoms with E-state index in [-0.39, 0.29) is 24.0 Å². The van der Waals surface area contributed by atoms with E-state index in [1.54, 1.807) is 6.20 Å². The molecular weight excluding hydrogens is 437 g/mol. The zero-order valence-electron chi connectivity index (χ0n) is 15.0. The average Bonchev–Trinajstić information content (AvgIpc) is 3.04. The van der Waals surface area contributed by atoms with Crippen molar-refractivity contribution in [3.05, 3.63) is 83.4 Å². The molecule has 0 amide bonds. The number of nitrogens with zero attached hydrogens (tertiary/aromatic N) is 3. The topological polar surface area (TPSA) is 68.2 Å². The molecule has 0 aliphatic carbocycles. The van der Waals surface area contributed by atoms with Gasteiger partial charge in [0.25, 0.3) is 0 Å². The third-order valence-electron chi connectivity index (χ3n) is 4.17. The molecule has 136 valence electrons. The Morgan fingerprint density at radius 3 is 2.62 bits per heavy atom. The predicted molar refractivity (Wildman–Crippen MR) is 118 cm³/mol. The lowest BCUT2D eigenvalue weighted by Crippen LogP contribution is -2.23. The van der Waals surface area contributed by atoms with Gasteiger partial charge in [0.1, 0.15) is 12.4 Å². The summed E-state index contributed by atoms with van der Waals surface area (Å²) in [5.41, 5.74) is 10.7. The molecule has 0 spiro atoms. The van der Waals surface area contributed by atoms with Crippen LogP contribution in [0.5, 0.6) is 0 Å². The molecule has 26 heavy (non-hydrogen) atoms. The van der Waals surface area contributed by atoms with E-state index >= 15 is 0 Å². The van der Waals surface area contributed by atoms with E-state index in [0.717, 1.165) is 18.1 Å². The monoisotopic (exact) mass is 461 g/mol. The molecule has 6 heteroatoms. The molecule has 0 aliphatic rings. The van der Waals surface area contributed by atoms with Crippen LogP contribution >= 0.6 is 24.0 Å². The van der Waals surface area contributed by atoms with Crippen LogP contribution in [0.3, 0.4) is 0 Å². The first kappa shape index (κ1) is 20.0. The van der Waals surface area contributed by atoms with Gasteiger partial charge in [-0.2, -0.15) is 0 Å². The van der Waals surface area contributed by atoms with Crippen molar-refractivity contribution in [1.29, 1.82) is 0 Å². The average molecular weight is 461 g/mol. The molecule has 0 unspecified atom stereocenters. The van der Waals surface area contributed by atoms with Crippen molar-refractivity contribution in [1.82, 2.24) is 9.55 Å². The van der Waals surface area contributed by atoms with Crippen LogP contribution in [0, 0.1) is 13.8 Å². The summed E-state index contributed by atoms with van der Waals surface area (Å²) in [5.74, 6) is 1.27. The largest absolute Gasteiger partial charge is 0.370 e. The number of anilines is 1. The first-order valence-electron chi connectivity index (χ1n) is 8.30. The zero-order valence-corrected chi connectivity index (χ0v) is 17.3. The van der Waals surface area contributed by atoms with Crippen LogP contribution < -0.4 is 11.1 Å². The minimum Gasteiger partial charge on any atom is -0.370 e. The molecule has 3 rings (SSSR count). The van der Waals surface area contributed by atoms with Gasteiger partial charge in [0.05, 0.1) is 0 Å². The van der Waals surface area contributed by atoms with E-state index in [1.807, 2.05) is 30.5 Å². The number of rotatable bonds is 5. The van der Waals surface area contributed by atoms with Gasteiger partial charge >= 0.3 is 0 Å². The number of benzene rings is 2. The van der Waals surface area contributed by atoms with Gasteiger partial charge in [-0.25, -0.2) is 9.98 Å². The maximum Gasteiger partial charge on any atom is 0.193 e. The first-order chi connectivity index (χ1) is 12.1. The van der Waals surface area contributed by atoms with Gasteiger partial charge in [0, 0.05) is 24.6 Å². The van der Waals surface area contributed by atoms with Crippen LogP contribution in [0.4, 0.5) is 5.69 Å². The van der Waals surface area contributed by atoms with Crippen LogP contribution in [0.1, 0.15) is 22.5 Å². The first-order valence-corrected chi connectivity index (χ1v) is 8.30. The molecule has 0 bridgehead atoms. The number of imidazole rings is 1. The highest BCUT2D eigenvalue weighted by molar-refractivity contribution is 14.0. The van der Waals surface area contributed by atoms with E-state index in [4.69, 9.17) is 5.73 Å². The van der Waals surface area contributed by atoms with Crippen LogP contribution in [-0.2, 0) is 13.1 Å². The predicted octanol–water partition coefficient (Wildman–Crippen LogP) is 4.09. The number of hydrogen-bond donors (Lipinski definition) is 2. The van der Waals surface area contributed by atoms with E-state index < -0.39 is 0 Å². The van der Waals surface area contributed by atoms with Crippen LogP contribution in [0.15, 0.2) is 65.9 Å². The number of aryl methyl sites for hydroxylation is 2. The second-order valence-corrected chi connectivity index (χ2v) is 6.08. The molecule has 5 nitrogen and oxygen atoms in total. The standard InChI is InChI=1S/C20H23N5.HI/c1-15-8-9-18(12-16(15)2)24-20(21)23-13-19-22-10-11-25(19)14-17-6-4-3-5-7-17;/h3-12H,13-14H2,1-2H3,(H3,21,23,24);1H. The normalized spacial score (nSPS) is 11.1. The summed E-state index contributed by atoms with van der Waals surface area (Å²) in [4.78, 5) is 8.81. The quantitative estimate of drug-likeness (QED) is 0.342. The Morgan fingerprint density at radius 2 is 1.88 bits per heavy atom. The molecule has 3 aromatic rings. The van der Waals surface area contributed by atoms with Gasteiger partial charge < -0.3 is 15.6 Å². The molecule has 0 atom stereocenters. The summed E-state index contributed by atoms with van der Waals surface area (Å²) in [6.45, 7) is 5.37. The van der Waals surface area contributed by atoms with Gasteiger partial charge in [-0.1, -0.05) is 36.4 Å². The van der Waals surface area contributed by atoms with E-state index in [2.05, 4.69) is 58.0 Å². The summed E-state index contributed by atoms with van der Waals surface area (Å²) in [6.07, 6.45) is 3.76. The Kier molecular flexibility index (Phi) is 7.20. The second kappa shape index (κ2) is 9.38. The minimum absolute atomic E-state index is 0. The van der Waals surface area contributed by atoms with Gasteiger partial charge in [0.15, 0.2) is 5.96 Å². The molecule has 2 aromatic carbocycles. The van der Waals surface area contributed by atoms with Crippen molar-refractivity contribution < 1.29 is 0 Å². The van der Waals surface area contributed by atoms with Crippen molar-refractivity contribution in [3.8, 4) is 0 Å². The van der Waals surface area contributed by atoms with Crippen molar-refractivity contribution in [2.45, 2.75) is 26.9 Å². The van der Waals surface area contributed by atoms with Crippen molar-refractivity contribution in [2.24, 2.45) is 10.7 Å². The van der Waals surface area contributed by atoms with Crippen LogP contribution in [-0.4, -0.2) is 15.5 Å². The third-order valence-corrected chi connectivity index (χ3v) is 4.17. The van der Waals surface area contributed by atoms with Crippen molar-refractivity contribution in [3.63, 3.8) is 0 Å². The van der Waals surface area contributed by atoms with Gasteiger partial charge in [-0.05, 0) is 42.7 Å². The molecule has 0 aliphatic heterocycles. The molecule has 0 saturated heterocycles. The Hall–Kier alpha value is -2.35. The zero-order chi connectivity index (χ0) is 17.6. The Bertz CT molecular complexity index is 871. The molecule has 0 radical (unpaired) electrons. The van der Waals surface area contributed by atoms with Gasteiger partial charge in [0.2, 0.25) is 0 Å². The smallest absolute Gasteiger partial charge is 0.193 e. The number of aromatic nitrogens is 2. The number of hydrogen-bond acceptors (Lipinski definition) is 2. The van der Waals surface area contributed by atoms with E-state index in [9.17, 15) is 0 Å². The minimum atomic E-state index is 0. The summed E-state index contributed by atoms with van der Waals surface area (Å²) >= 11 is 0. The Labute approximate surface area is 171 Å². The summed E-state index contributed by atoms with van der Waals surface area (Å²) in [6, 6.07) is 16.4. The fraction of sp³-hybridized carbons (Fsp3) is 0.200. The Morgan fingerprint density at radius 1 is 1.12 bits per heavy atom. The van der Waals surface area contributed by atoms with E-state index in [1.165, 1.54) is 16.7 Å². The lowest BCUT2D eigenvalue weighted by Gasteiger charge is -2.09. The van der Waals surface area contributed by atoms with Gasteiger partial charge in [-0.15, -0.1) is 24.0 Å². The SMILES string of the molecule is Cc1ccc(NC(N)=NCc2nccn2Cc2ccccc2)cc1C.I. The van der Waals surface area contributed by atoms with Gasteiger partial charge in [-0.3, -0.25) is 0 Å². The number of nitrogens with one attached hydrogen (secondary N) is 1. The highest BCUT2D eigenvalue weighted by Crippen LogP contribution is 2.14. The third kappa shape index (κ3) is 5.32. The Balaban J connectivity index is 0.00000243. The van der Waals surface area contributed by atoms with Crippen LogP contribution in [0.25, 0.3) is 0 Å². The lowest BCUT2D eigenvalue weighted by molar-refractivity contribution is 0.724. The fourth-order valence-electron chi connectivity index (χ4n) is 2.58. The highest BCUT2D eigenvalue weighted by atomic mass is 127.